The number of nitrogens with one attached hydrogen (secondary N) is 13. The number of H-pyrrole nitrogens is 4. The summed E-state index contributed by atoms with van der Waals surface area (Å²) in [6, 6.07) is 15.3. The number of carboxylic acid groups (broad SMARTS) is 1. The van der Waals surface area contributed by atoms with Gasteiger partial charge in [0.1, 0.15) is 66.5 Å². The molecule has 4 fully saturated rings. The summed E-state index contributed by atoms with van der Waals surface area (Å²) in [4.78, 5) is 197. The SMILES string of the molecule is CC[C@H](C)[C@H](N)C(=O)N[C@@H](CC(C)C)C(=O)N[C@@H](CCCNC(=N)N)C(=O)N[C@@H](Cc1c[nH]c2ccccc12)C(=O)N1CCC[C@H]1C(=O)N[C@@H](Cc1c[nH]c2ccccc12)C(=O)N[C@@H](Cc1c[nH]c2ccccc12)C(=O)N1CCC[C@H]1C(=O)N[C@@H](Cc1c[nH]c2ccccc12)C(=O)N1CCC[C@H]1C(=O)N1CCC[C@H]1C(=O)N[C@@H](CCCCN)C(=O)O. The Balaban J connectivity index is 0.815. The van der Waals surface area contributed by atoms with Crippen molar-refractivity contribution in [3.63, 3.8) is 0 Å². The third-order valence-corrected chi connectivity index (χ3v) is 24.3. The summed E-state index contributed by atoms with van der Waals surface area (Å²) in [6.07, 6.45) is 11.2. The van der Waals surface area contributed by atoms with Crippen LogP contribution in [0.4, 0.5) is 0 Å². The van der Waals surface area contributed by atoms with E-state index in [9.17, 15) is 29.1 Å². The average Bonchev–Trinajstić information content (AvgIpc) is 1.70. The normalized spacial score (nSPS) is 18.9. The number of para-hydroxylation sites is 4. The lowest BCUT2D eigenvalue weighted by atomic mass is 9.97. The zero-order chi connectivity index (χ0) is 86.1. The van der Waals surface area contributed by atoms with Crippen molar-refractivity contribution < 1.29 is 62.6 Å². The second-order valence-corrected chi connectivity index (χ2v) is 33.1. The number of guanidine groups is 1. The molecule has 0 saturated carbocycles. The van der Waals surface area contributed by atoms with Gasteiger partial charge in [-0.15, -0.1) is 0 Å². The van der Waals surface area contributed by atoms with Crippen LogP contribution < -0.4 is 59.7 Å². The smallest absolute Gasteiger partial charge is 0.326 e. The van der Waals surface area contributed by atoms with Crippen LogP contribution in [0.2, 0.25) is 0 Å². The number of benzene rings is 4. The van der Waals surface area contributed by atoms with Gasteiger partial charge in [0.05, 0.1) is 6.04 Å². The fourth-order valence-corrected chi connectivity index (χ4v) is 17.5. The van der Waals surface area contributed by atoms with Crippen molar-refractivity contribution in [1.29, 1.82) is 5.41 Å². The van der Waals surface area contributed by atoms with Crippen molar-refractivity contribution in [2.75, 3.05) is 39.3 Å². The Morgan fingerprint density at radius 3 is 1.21 bits per heavy atom. The van der Waals surface area contributed by atoms with Crippen LogP contribution in [0.15, 0.2) is 122 Å². The quantitative estimate of drug-likeness (QED) is 0.0146. The number of carbonyl (C=O) groups excluding carboxylic acids is 11. The highest BCUT2D eigenvalue weighted by atomic mass is 16.4. The first-order valence-electron chi connectivity index (χ1n) is 42.6. The van der Waals surface area contributed by atoms with Gasteiger partial charge in [0.25, 0.3) is 0 Å². The molecule has 4 aliphatic rings. The summed E-state index contributed by atoms with van der Waals surface area (Å²) in [7, 11) is 0. The molecule has 13 atom stereocenters. The van der Waals surface area contributed by atoms with E-state index < -0.39 is 143 Å². The molecule has 646 valence electrons. The Morgan fingerprint density at radius 1 is 0.446 bits per heavy atom. The number of hydrogen-bond donors (Lipinski definition) is 17. The van der Waals surface area contributed by atoms with E-state index in [0.29, 0.717) is 73.7 Å². The largest absolute Gasteiger partial charge is 0.480 e. The molecule has 8 aromatic rings. The van der Waals surface area contributed by atoms with E-state index >= 15 is 33.6 Å². The summed E-state index contributed by atoms with van der Waals surface area (Å²) in [5.74, 6) is -8.84. The zero-order valence-electron chi connectivity index (χ0n) is 69.2. The molecule has 8 heterocycles. The molecule has 4 aliphatic heterocycles. The van der Waals surface area contributed by atoms with Gasteiger partial charge in [0.2, 0.25) is 65.0 Å². The number of aromatic nitrogens is 4. The Morgan fingerprint density at radius 2 is 0.793 bits per heavy atom. The molecule has 12 rings (SSSR count). The number of aliphatic carboxylic acids is 1. The van der Waals surface area contributed by atoms with Gasteiger partial charge in [-0.3, -0.25) is 58.1 Å². The van der Waals surface area contributed by atoms with Crippen LogP contribution in [0.3, 0.4) is 0 Å². The van der Waals surface area contributed by atoms with E-state index in [1.54, 1.807) is 24.8 Å². The lowest BCUT2D eigenvalue weighted by molar-refractivity contribution is -0.149. The molecule has 121 heavy (non-hydrogen) atoms. The number of hydrogen-bond acceptors (Lipinski definition) is 15. The molecule has 33 heteroatoms. The van der Waals surface area contributed by atoms with Gasteiger partial charge in [0.15, 0.2) is 5.96 Å². The van der Waals surface area contributed by atoms with Crippen molar-refractivity contribution in [2.45, 2.75) is 222 Å². The van der Waals surface area contributed by atoms with Crippen LogP contribution in [0.5, 0.6) is 0 Å². The van der Waals surface area contributed by atoms with Gasteiger partial charge < -0.3 is 104 Å². The van der Waals surface area contributed by atoms with E-state index in [1.807, 2.05) is 125 Å². The van der Waals surface area contributed by atoms with Gasteiger partial charge in [-0.05, 0) is 155 Å². The number of rotatable bonds is 39. The Bertz CT molecular complexity index is 5070. The number of nitrogens with two attached hydrogens (primary N) is 3. The van der Waals surface area contributed by atoms with Crippen LogP contribution in [0, 0.1) is 17.2 Å². The number of carbonyl (C=O) groups is 12. The van der Waals surface area contributed by atoms with Gasteiger partial charge in [-0.2, -0.15) is 0 Å². The molecule has 0 aliphatic carbocycles. The first-order valence-corrected chi connectivity index (χ1v) is 42.6. The molecule has 4 saturated heterocycles. The first-order chi connectivity index (χ1) is 58.3. The van der Waals surface area contributed by atoms with E-state index in [0.717, 1.165) is 43.6 Å². The predicted molar refractivity (Wildman–Crippen MR) is 457 cm³/mol. The Hall–Kier alpha value is -12.1. The molecule has 20 N–H and O–H groups in total. The number of carboxylic acids is 1. The van der Waals surface area contributed by atoms with Gasteiger partial charge >= 0.3 is 5.97 Å². The third kappa shape index (κ3) is 21.4. The molecule has 11 amide bonds. The third-order valence-electron chi connectivity index (χ3n) is 24.3. The van der Waals surface area contributed by atoms with Crippen molar-refractivity contribution in [1.82, 2.24) is 82.1 Å². The number of amides is 11. The molecule has 0 spiro atoms. The molecule has 0 radical (unpaired) electrons. The summed E-state index contributed by atoms with van der Waals surface area (Å²) in [5, 5.41) is 44.0. The Labute approximate surface area is 701 Å². The van der Waals surface area contributed by atoms with Gasteiger partial charge in [-0.1, -0.05) is 107 Å². The minimum absolute atomic E-state index is 0.0105. The summed E-state index contributed by atoms with van der Waals surface area (Å²) in [6.45, 7) is 8.47. The van der Waals surface area contributed by atoms with E-state index in [1.165, 1.54) is 19.6 Å². The second kappa shape index (κ2) is 40.8. The van der Waals surface area contributed by atoms with Crippen molar-refractivity contribution in [3.05, 3.63) is 144 Å². The molecular formula is C88H116N20O13. The topological polar surface area (TPSA) is 499 Å². The monoisotopic (exact) mass is 1660 g/mol. The summed E-state index contributed by atoms with van der Waals surface area (Å²) < 4.78 is 0. The number of unbranched alkanes of at least 4 members (excludes halogenated alkanes) is 1. The summed E-state index contributed by atoms with van der Waals surface area (Å²) >= 11 is 0. The second-order valence-electron chi connectivity index (χ2n) is 33.1. The maximum absolute atomic E-state index is 16.0. The fourth-order valence-electron chi connectivity index (χ4n) is 17.5. The maximum Gasteiger partial charge on any atom is 0.326 e. The van der Waals surface area contributed by atoms with E-state index in [-0.39, 0.29) is 128 Å². The molecule has 4 aromatic heterocycles. The summed E-state index contributed by atoms with van der Waals surface area (Å²) in [5.41, 5.74) is 23.3. The average molecular weight is 1660 g/mol. The standard InChI is InChI=1S/C88H116N20O13/c1-5-51(4)75(90)82(115)101-66(41-50(2)3)77(110)98-64(30-16-36-93-88(91)92)76(109)102-68(43-53-47-95-61-26-11-7-22-57(53)61)83(116)105-37-17-31-71(105)80(113)100-67(42-52-46-94-60-25-10-6-21-56(52)60)78(111)103-69(44-54-48-96-62-27-12-8-23-58(54)62)84(117)106-38-18-32-72(106)81(114)104-70(45-55-49-97-63-28-13-9-24-59(55)63)85(118)108-40-20-34-74(108)86(119)107-39-19-33-73(107)79(112)99-65(87(120)121)29-14-15-35-89/h6-13,21-28,46-51,64-75,94-97H,5,14-20,29-45,89-90H2,1-4H3,(H,98,110)(H,99,112)(H,100,113)(H,101,115)(H,102,109)(H,103,111)(H,104,114)(H,120,121)(H4,91,92,93)/t51-,64-,65-,66-,67-,68-,69-,70-,71-,72-,73-,74-,75-/m0/s1. The highest BCUT2D eigenvalue weighted by Gasteiger charge is 2.47. The Kier molecular flexibility index (Phi) is 29.7. The van der Waals surface area contributed by atoms with Gasteiger partial charge in [-0.25, -0.2) is 4.79 Å². The minimum atomic E-state index is -1.44. The molecule has 0 bridgehead atoms. The number of fused-ring (bicyclic) bond motifs is 4. The molecule has 4 aromatic carbocycles. The van der Waals surface area contributed by atoms with Crippen LogP contribution in [0.1, 0.15) is 146 Å². The van der Waals surface area contributed by atoms with Crippen molar-refractivity contribution in [2.24, 2.45) is 29.0 Å². The first kappa shape index (κ1) is 88.2. The molecular weight excluding hydrogens is 1550 g/mol. The zero-order valence-corrected chi connectivity index (χ0v) is 69.2. The minimum Gasteiger partial charge on any atom is -0.480 e. The lowest BCUT2D eigenvalue weighted by Crippen LogP contribution is -2.61. The number of likely N-dealkylation sites (tertiary alicyclic amines) is 4. The molecule has 33 nitrogen and oxygen atoms in total. The highest BCUT2D eigenvalue weighted by Crippen LogP contribution is 2.32. The lowest BCUT2D eigenvalue weighted by Gasteiger charge is -2.34. The highest BCUT2D eigenvalue weighted by molar-refractivity contribution is 6.02. The van der Waals surface area contributed by atoms with Crippen LogP contribution >= 0.6 is 0 Å². The number of aromatic amines is 4. The van der Waals surface area contributed by atoms with Crippen LogP contribution in [-0.2, 0) is 83.2 Å². The van der Waals surface area contributed by atoms with Crippen molar-refractivity contribution in [3.8, 4) is 0 Å². The number of nitrogens with zero attached hydrogens (tertiary/aromatic N) is 4. The molecule has 0 unspecified atom stereocenters. The van der Waals surface area contributed by atoms with Crippen molar-refractivity contribution >= 4 is 121 Å². The van der Waals surface area contributed by atoms with Crippen LogP contribution in [-0.4, -0.2) is 233 Å². The van der Waals surface area contributed by atoms with E-state index in [4.69, 9.17) is 22.6 Å². The maximum atomic E-state index is 16.0. The predicted octanol–water partition coefficient (Wildman–Crippen LogP) is 4.14. The fraction of sp³-hybridized carbons (Fsp3) is 0.489. The van der Waals surface area contributed by atoms with Crippen LogP contribution in [0.25, 0.3) is 43.6 Å². The van der Waals surface area contributed by atoms with Gasteiger partial charge in [0, 0.05) is 127 Å². The van der Waals surface area contributed by atoms with E-state index in [2.05, 4.69) is 62.5 Å².